The van der Waals surface area contributed by atoms with Gasteiger partial charge in [-0.2, -0.15) is 0 Å². The number of benzene rings is 2. The van der Waals surface area contributed by atoms with Crippen molar-refractivity contribution in [2.75, 3.05) is 12.4 Å². The molecule has 2 N–H and O–H groups in total. The third kappa shape index (κ3) is 3.57. The van der Waals surface area contributed by atoms with Crippen molar-refractivity contribution < 1.29 is 14.1 Å². The van der Waals surface area contributed by atoms with E-state index in [2.05, 4.69) is 15.8 Å². The van der Waals surface area contributed by atoms with Crippen LogP contribution in [0.1, 0.15) is 32.0 Å². The van der Waals surface area contributed by atoms with E-state index in [0.717, 1.165) is 0 Å². The maximum atomic E-state index is 12.9. The number of hydrogen-bond acceptors (Lipinski definition) is 4. The second kappa shape index (κ2) is 7.63. The molecule has 0 radical (unpaired) electrons. The van der Waals surface area contributed by atoms with Crippen molar-refractivity contribution in [3.63, 3.8) is 0 Å². The highest BCUT2D eigenvalue weighted by molar-refractivity contribution is 6.33. The molecule has 0 saturated heterocycles. The molecule has 138 valence electrons. The predicted molar refractivity (Wildman–Crippen MR) is 104 cm³/mol. The van der Waals surface area contributed by atoms with Gasteiger partial charge in [-0.25, -0.2) is 0 Å². The fraction of sp³-hybridized carbons (Fsp3) is 0.150. The minimum Gasteiger partial charge on any atom is -0.360 e. The Morgan fingerprint density at radius 2 is 1.78 bits per heavy atom. The molecule has 3 aromatic rings. The fourth-order valence-electron chi connectivity index (χ4n) is 2.81. The highest BCUT2D eigenvalue weighted by Crippen LogP contribution is 2.31. The molecule has 2 amide bonds. The van der Waals surface area contributed by atoms with Gasteiger partial charge in [0.25, 0.3) is 11.8 Å². The Morgan fingerprint density at radius 3 is 2.48 bits per heavy atom. The molecule has 1 aromatic heterocycles. The number of rotatable bonds is 4. The largest absolute Gasteiger partial charge is 0.360 e. The molecule has 0 unspecified atom stereocenters. The van der Waals surface area contributed by atoms with Crippen molar-refractivity contribution >= 4 is 29.1 Å². The molecule has 0 atom stereocenters. The van der Waals surface area contributed by atoms with Crippen molar-refractivity contribution in [3.8, 4) is 11.3 Å². The number of halogens is 1. The van der Waals surface area contributed by atoms with Gasteiger partial charge in [0.05, 0.1) is 5.02 Å². The first-order valence-corrected chi connectivity index (χ1v) is 8.66. The van der Waals surface area contributed by atoms with Crippen molar-refractivity contribution in [1.82, 2.24) is 10.5 Å². The number of nitrogens with one attached hydrogen (secondary N) is 2. The van der Waals surface area contributed by atoms with Crippen LogP contribution in [0, 0.1) is 13.8 Å². The highest BCUT2D eigenvalue weighted by Gasteiger charge is 2.24. The van der Waals surface area contributed by atoms with Gasteiger partial charge in [-0.1, -0.05) is 41.0 Å². The number of carbonyl (C=O) groups excluding carboxylic acids is 2. The van der Waals surface area contributed by atoms with Crippen LogP contribution in [0.2, 0.25) is 5.02 Å². The number of aromatic nitrogens is 1. The SMILES string of the molecule is CNC(=O)c1cccc(NC(=O)c2c(-c3ccccc3Cl)noc2C)c1C. The number of anilines is 1. The van der Waals surface area contributed by atoms with Gasteiger partial charge in [-0.05, 0) is 37.6 Å². The zero-order valence-corrected chi connectivity index (χ0v) is 15.8. The quantitative estimate of drug-likeness (QED) is 0.706. The smallest absolute Gasteiger partial charge is 0.261 e. The van der Waals surface area contributed by atoms with E-state index in [0.29, 0.717) is 44.4 Å². The fourth-order valence-corrected chi connectivity index (χ4v) is 3.04. The van der Waals surface area contributed by atoms with Gasteiger partial charge in [-0.3, -0.25) is 9.59 Å². The first-order chi connectivity index (χ1) is 12.9. The first kappa shape index (κ1) is 18.7. The van der Waals surface area contributed by atoms with E-state index in [9.17, 15) is 9.59 Å². The molecule has 0 fully saturated rings. The summed E-state index contributed by atoms with van der Waals surface area (Å²) in [6.07, 6.45) is 0. The van der Waals surface area contributed by atoms with E-state index in [1.165, 1.54) is 0 Å². The van der Waals surface area contributed by atoms with Gasteiger partial charge in [0.15, 0.2) is 0 Å². The predicted octanol–water partition coefficient (Wildman–Crippen LogP) is 4.22. The Labute approximate surface area is 161 Å². The summed E-state index contributed by atoms with van der Waals surface area (Å²) in [4.78, 5) is 24.9. The molecule has 0 spiro atoms. The average Bonchev–Trinajstić information content (AvgIpc) is 3.04. The van der Waals surface area contributed by atoms with Gasteiger partial charge < -0.3 is 15.2 Å². The van der Waals surface area contributed by atoms with Crippen molar-refractivity contribution in [2.24, 2.45) is 0 Å². The summed E-state index contributed by atoms with van der Waals surface area (Å²) >= 11 is 6.24. The molecule has 0 aliphatic carbocycles. The third-order valence-electron chi connectivity index (χ3n) is 4.27. The van der Waals surface area contributed by atoms with Gasteiger partial charge in [0.2, 0.25) is 0 Å². The van der Waals surface area contributed by atoms with Crippen LogP contribution in [0.3, 0.4) is 0 Å². The van der Waals surface area contributed by atoms with Crippen molar-refractivity contribution in [1.29, 1.82) is 0 Å². The second-order valence-electron chi connectivity index (χ2n) is 5.95. The maximum absolute atomic E-state index is 12.9. The highest BCUT2D eigenvalue weighted by atomic mass is 35.5. The summed E-state index contributed by atoms with van der Waals surface area (Å²) in [5.74, 6) is -0.232. The number of amides is 2. The second-order valence-corrected chi connectivity index (χ2v) is 6.36. The molecule has 0 bridgehead atoms. The van der Waals surface area contributed by atoms with E-state index < -0.39 is 0 Å². The van der Waals surface area contributed by atoms with Crippen LogP contribution in [-0.2, 0) is 0 Å². The summed E-state index contributed by atoms with van der Waals surface area (Å²) in [6, 6.07) is 12.2. The first-order valence-electron chi connectivity index (χ1n) is 8.28. The van der Waals surface area contributed by atoms with Crippen molar-refractivity contribution in [2.45, 2.75) is 13.8 Å². The van der Waals surface area contributed by atoms with Gasteiger partial charge >= 0.3 is 0 Å². The van der Waals surface area contributed by atoms with E-state index >= 15 is 0 Å². The van der Waals surface area contributed by atoms with Crippen LogP contribution in [-0.4, -0.2) is 24.0 Å². The minimum atomic E-state index is -0.388. The Kier molecular flexibility index (Phi) is 5.28. The molecule has 3 rings (SSSR count). The summed E-state index contributed by atoms with van der Waals surface area (Å²) in [6.45, 7) is 3.44. The van der Waals surface area contributed by atoms with Crippen LogP contribution in [0.15, 0.2) is 47.0 Å². The lowest BCUT2D eigenvalue weighted by molar-refractivity contribution is 0.0960. The lowest BCUT2D eigenvalue weighted by Crippen LogP contribution is -2.20. The summed E-state index contributed by atoms with van der Waals surface area (Å²) in [7, 11) is 1.56. The van der Waals surface area contributed by atoms with Crippen LogP contribution < -0.4 is 10.6 Å². The monoisotopic (exact) mass is 383 g/mol. The molecular weight excluding hydrogens is 366 g/mol. The van der Waals surface area contributed by atoms with E-state index in [4.69, 9.17) is 16.1 Å². The van der Waals surface area contributed by atoms with Crippen LogP contribution in [0.25, 0.3) is 11.3 Å². The maximum Gasteiger partial charge on any atom is 0.261 e. The molecule has 0 saturated carbocycles. The number of aryl methyl sites for hydroxylation is 1. The molecule has 0 aliphatic rings. The zero-order chi connectivity index (χ0) is 19.6. The van der Waals surface area contributed by atoms with Crippen LogP contribution in [0.4, 0.5) is 5.69 Å². The Hall–Kier alpha value is -3.12. The average molecular weight is 384 g/mol. The topological polar surface area (TPSA) is 84.2 Å². The summed E-state index contributed by atoms with van der Waals surface area (Å²) in [5.41, 5.74) is 2.97. The Balaban J connectivity index is 1.99. The standard InChI is InChI=1S/C20H18ClN3O3/c1-11-13(19(25)22-3)8-6-10-16(11)23-20(26)17-12(2)27-24-18(17)14-7-4-5-9-15(14)21/h4-10H,1-3H3,(H,22,25)(H,23,26). The van der Waals surface area contributed by atoms with Gasteiger partial charge in [-0.15, -0.1) is 0 Å². The summed E-state index contributed by atoms with van der Waals surface area (Å²) < 4.78 is 5.24. The molecule has 7 heteroatoms. The number of hydrogen-bond donors (Lipinski definition) is 2. The van der Waals surface area contributed by atoms with Gasteiger partial charge in [0.1, 0.15) is 17.0 Å². The normalized spacial score (nSPS) is 10.5. The lowest BCUT2D eigenvalue weighted by atomic mass is 10.0. The molecule has 1 heterocycles. The molecule has 27 heavy (non-hydrogen) atoms. The third-order valence-corrected chi connectivity index (χ3v) is 4.60. The van der Waals surface area contributed by atoms with E-state index in [1.807, 2.05) is 6.07 Å². The molecule has 6 nitrogen and oxygen atoms in total. The number of carbonyl (C=O) groups is 2. The molecule has 2 aromatic carbocycles. The summed E-state index contributed by atoms with van der Waals surface area (Å²) in [5, 5.41) is 9.90. The van der Waals surface area contributed by atoms with E-state index in [1.54, 1.807) is 57.3 Å². The minimum absolute atomic E-state index is 0.221. The molecule has 0 aliphatic heterocycles. The zero-order valence-electron chi connectivity index (χ0n) is 15.1. The van der Waals surface area contributed by atoms with Crippen molar-refractivity contribution in [3.05, 3.63) is 69.9 Å². The Bertz CT molecular complexity index is 1030. The van der Waals surface area contributed by atoms with E-state index in [-0.39, 0.29) is 11.8 Å². The Morgan fingerprint density at radius 1 is 1.04 bits per heavy atom. The van der Waals surface area contributed by atoms with Crippen LogP contribution in [0.5, 0.6) is 0 Å². The van der Waals surface area contributed by atoms with Crippen LogP contribution >= 0.6 is 11.6 Å². The van der Waals surface area contributed by atoms with Gasteiger partial charge in [0, 0.05) is 23.9 Å². The lowest BCUT2D eigenvalue weighted by Gasteiger charge is -2.12. The molecular formula is C20H18ClN3O3. The number of nitrogens with zero attached hydrogens (tertiary/aromatic N) is 1.